The lowest BCUT2D eigenvalue weighted by Gasteiger charge is -2.02. The lowest BCUT2D eigenvalue weighted by atomic mass is 10.0. The average Bonchev–Trinajstić information content (AvgIpc) is 2.69. The summed E-state index contributed by atoms with van der Waals surface area (Å²) in [6, 6.07) is 6.00. The number of benzene rings is 1. The minimum Gasteiger partial charge on any atom is -0.361 e. The predicted octanol–water partition coefficient (Wildman–Crippen LogP) is 2.96. The van der Waals surface area contributed by atoms with Crippen LogP contribution in [-0.2, 0) is 10.0 Å². The van der Waals surface area contributed by atoms with E-state index in [1.165, 1.54) is 12.1 Å². The molecule has 0 saturated carbocycles. The summed E-state index contributed by atoms with van der Waals surface area (Å²) in [4.78, 5) is 2.24. The van der Waals surface area contributed by atoms with Crippen molar-refractivity contribution in [1.82, 2.24) is 5.16 Å². The normalized spacial score (nSPS) is 11.1. The Morgan fingerprint density at radius 3 is 2.37 bits per heavy atom. The molecule has 0 aliphatic rings. The maximum Gasteiger partial charge on any atom is 0.264 e. The lowest BCUT2D eigenvalue weighted by molar-refractivity contribution is 0.393. The monoisotopic (exact) mass is 278 g/mol. The number of azide groups is 1. The fourth-order valence-electron chi connectivity index (χ4n) is 1.78. The maximum absolute atomic E-state index is 11.5. The average molecular weight is 278 g/mol. The van der Waals surface area contributed by atoms with Crippen LogP contribution in [0.5, 0.6) is 0 Å². The van der Waals surface area contributed by atoms with Crippen LogP contribution in [0.1, 0.15) is 11.5 Å². The number of aromatic nitrogens is 1. The second kappa shape index (κ2) is 4.75. The minimum atomic E-state index is -3.95. The first-order valence-corrected chi connectivity index (χ1v) is 6.74. The zero-order valence-electron chi connectivity index (χ0n) is 10.2. The van der Waals surface area contributed by atoms with Gasteiger partial charge >= 0.3 is 0 Å². The number of aryl methyl sites for hydroxylation is 2. The number of hydrogen-bond acceptors (Lipinski definition) is 4. The minimum absolute atomic E-state index is 0.0548. The molecule has 8 heteroatoms. The lowest BCUT2D eigenvalue weighted by Crippen LogP contribution is -1.95. The van der Waals surface area contributed by atoms with Crippen molar-refractivity contribution in [3.8, 4) is 11.1 Å². The van der Waals surface area contributed by atoms with E-state index >= 15 is 0 Å². The van der Waals surface area contributed by atoms with Crippen molar-refractivity contribution in [3.05, 3.63) is 46.2 Å². The number of rotatable bonds is 3. The van der Waals surface area contributed by atoms with Crippen LogP contribution in [0.3, 0.4) is 0 Å². The van der Waals surface area contributed by atoms with Crippen molar-refractivity contribution < 1.29 is 12.9 Å². The van der Waals surface area contributed by atoms with Gasteiger partial charge in [0.15, 0.2) is 0 Å². The van der Waals surface area contributed by atoms with Crippen LogP contribution in [0, 0.1) is 13.8 Å². The molecule has 0 unspecified atom stereocenters. The predicted molar refractivity (Wildman–Crippen MR) is 67.7 cm³/mol. The summed E-state index contributed by atoms with van der Waals surface area (Å²) < 4.78 is 30.9. The van der Waals surface area contributed by atoms with E-state index in [2.05, 4.69) is 14.6 Å². The molecule has 98 valence electrons. The fraction of sp³-hybridized carbons (Fsp3) is 0.182. The topological polar surface area (TPSA) is 109 Å². The van der Waals surface area contributed by atoms with Crippen LogP contribution >= 0.6 is 0 Å². The summed E-state index contributed by atoms with van der Waals surface area (Å²) in [6.07, 6.45) is 0. The van der Waals surface area contributed by atoms with Crippen molar-refractivity contribution in [2.75, 3.05) is 0 Å². The van der Waals surface area contributed by atoms with Crippen LogP contribution in [0.15, 0.2) is 38.2 Å². The Hall–Kier alpha value is -2.31. The highest BCUT2D eigenvalue weighted by atomic mass is 32.2. The highest BCUT2D eigenvalue weighted by molar-refractivity contribution is 7.90. The zero-order valence-corrected chi connectivity index (χ0v) is 11.0. The number of hydrogen-bond donors (Lipinski definition) is 0. The SMILES string of the molecule is Cc1noc(C)c1-c1ccc(S(=O)(=O)N=[N+]=[N-])cc1. The third kappa shape index (κ3) is 2.44. The molecule has 0 aliphatic carbocycles. The van der Waals surface area contributed by atoms with Gasteiger partial charge < -0.3 is 4.52 Å². The van der Waals surface area contributed by atoms with Crippen LogP contribution < -0.4 is 0 Å². The van der Waals surface area contributed by atoms with Gasteiger partial charge in [-0.2, -0.15) is 0 Å². The standard InChI is InChI=1S/C11H10N4O3S/c1-7-11(8(2)18-13-7)9-3-5-10(6-4-9)19(16,17)15-14-12/h3-6H,1-2H3. The molecule has 0 fully saturated rings. The van der Waals surface area contributed by atoms with Gasteiger partial charge in [0.25, 0.3) is 10.0 Å². The Labute approximate surface area is 109 Å². The first-order valence-electron chi connectivity index (χ1n) is 5.30. The molecule has 1 heterocycles. The molecule has 19 heavy (non-hydrogen) atoms. The number of sulfonamides is 1. The van der Waals surface area contributed by atoms with Crippen molar-refractivity contribution in [3.63, 3.8) is 0 Å². The first kappa shape index (κ1) is 13.1. The molecule has 0 spiro atoms. The summed E-state index contributed by atoms with van der Waals surface area (Å²) in [6.45, 7) is 3.58. The zero-order chi connectivity index (χ0) is 14.0. The Kier molecular flexibility index (Phi) is 3.28. The Bertz CT molecular complexity index is 736. The Morgan fingerprint density at radius 1 is 1.26 bits per heavy atom. The molecule has 1 aromatic carbocycles. The van der Waals surface area contributed by atoms with E-state index < -0.39 is 10.0 Å². The highest BCUT2D eigenvalue weighted by Gasteiger charge is 2.14. The van der Waals surface area contributed by atoms with Gasteiger partial charge in [-0.15, -0.1) is 0 Å². The van der Waals surface area contributed by atoms with Crippen molar-refractivity contribution >= 4 is 10.0 Å². The second-order valence-corrected chi connectivity index (χ2v) is 5.45. The molecule has 0 N–H and O–H groups in total. The van der Waals surface area contributed by atoms with Gasteiger partial charge in [0.2, 0.25) is 0 Å². The summed E-state index contributed by atoms with van der Waals surface area (Å²) in [7, 11) is -3.95. The third-order valence-electron chi connectivity index (χ3n) is 2.62. The van der Waals surface area contributed by atoms with E-state index in [4.69, 9.17) is 10.1 Å². The molecular formula is C11H10N4O3S. The van der Waals surface area contributed by atoms with Crippen LogP contribution in [0.2, 0.25) is 0 Å². The maximum atomic E-state index is 11.5. The summed E-state index contributed by atoms with van der Waals surface area (Å²) in [5.41, 5.74) is 10.5. The molecule has 1 aromatic heterocycles. The van der Waals surface area contributed by atoms with E-state index in [1.807, 2.05) is 0 Å². The largest absolute Gasteiger partial charge is 0.361 e. The van der Waals surface area contributed by atoms with Crippen molar-refractivity contribution in [1.29, 1.82) is 0 Å². The van der Waals surface area contributed by atoms with Gasteiger partial charge in [-0.25, -0.2) is 8.42 Å². The van der Waals surface area contributed by atoms with E-state index in [9.17, 15) is 8.42 Å². The number of nitrogens with zero attached hydrogens (tertiary/aromatic N) is 4. The van der Waals surface area contributed by atoms with Crippen LogP contribution in [-0.4, -0.2) is 13.6 Å². The van der Waals surface area contributed by atoms with E-state index in [0.29, 0.717) is 5.76 Å². The Balaban J connectivity index is 2.48. The molecule has 0 amide bonds. The van der Waals surface area contributed by atoms with Gasteiger partial charge in [-0.3, -0.25) is 0 Å². The van der Waals surface area contributed by atoms with E-state index in [-0.39, 0.29) is 4.90 Å². The molecule has 7 nitrogen and oxygen atoms in total. The fourth-order valence-corrected chi connectivity index (χ4v) is 2.45. The van der Waals surface area contributed by atoms with Crippen molar-refractivity contribution in [2.24, 2.45) is 4.52 Å². The second-order valence-electron chi connectivity index (χ2n) is 3.87. The van der Waals surface area contributed by atoms with Gasteiger partial charge in [0, 0.05) is 15.0 Å². The molecular weight excluding hydrogens is 268 g/mol. The molecule has 0 bridgehead atoms. The van der Waals surface area contributed by atoms with Crippen molar-refractivity contribution in [2.45, 2.75) is 18.7 Å². The summed E-state index contributed by atoms with van der Waals surface area (Å²) in [5.74, 6) is 0.656. The molecule has 2 aromatic rings. The molecule has 2 rings (SSSR count). The van der Waals surface area contributed by atoms with Gasteiger partial charge in [-0.05, 0) is 37.1 Å². The van der Waals surface area contributed by atoms with Crippen LogP contribution in [0.4, 0.5) is 0 Å². The molecule has 0 saturated heterocycles. The molecule has 0 atom stereocenters. The van der Waals surface area contributed by atoms with Gasteiger partial charge in [-0.1, -0.05) is 17.3 Å². The summed E-state index contributed by atoms with van der Waals surface area (Å²) in [5, 5.41) is 3.83. The van der Waals surface area contributed by atoms with Gasteiger partial charge in [0.1, 0.15) is 5.76 Å². The molecule has 0 radical (unpaired) electrons. The Morgan fingerprint density at radius 2 is 1.89 bits per heavy atom. The smallest absolute Gasteiger partial charge is 0.264 e. The highest BCUT2D eigenvalue weighted by Crippen LogP contribution is 2.27. The third-order valence-corrected chi connectivity index (χ3v) is 3.77. The quantitative estimate of drug-likeness (QED) is 0.488. The van der Waals surface area contributed by atoms with Gasteiger partial charge in [0.05, 0.1) is 10.6 Å². The van der Waals surface area contributed by atoms with E-state index in [0.717, 1.165) is 16.8 Å². The summed E-state index contributed by atoms with van der Waals surface area (Å²) >= 11 is 0. The van der Waals surface area contributed by atoms with Crippen LogP contribution in [0.25, 0.3) is 21.6 Å². The first-order chi connectivity index (χ1) is 8.95. The molecule has 0 aliphatic heterocycles. The van der Waals surface area contributed by atoms with E-state index in [1.54, 1.807) is 26.0 Å².